The van der Waals surface area contributed by atoms with Crippen molar-refractivity contribution in [2.24, 2.45) is 9.98 Å². The van der Waals surface area contributed by atoms with Crippen molar-refractivity contribution < 1.29 is 9.47 Å². The highest BCUT2D eigenvalue weighted by molar-refractivity contribution is 5.82. The van der Waals surface area contributed by atoms with Crippen LogP contribution in [0.3, 0.4) is 0 Å². The van der Waals surface area contributed by atoms with Gasteiger partial charge < -0.3 is 9.47 Å². The minimum Gasteiger partial charge on any atom is -0.494 e. The average Bonchev–Trinajstić information content (AvgIpc) is 2.79. The molecule has 0 aliphatic heterocycles. The number of nitrogens with zero attached hydrogens (tertiary/aromatic N) is 4. The van der Waals surface area contributed by atoms with E-state index in [1.54, 1.807) is 0 Å². The Morgan fingerprint density at radius 1 is 0.733 bits per heavy atom. The molecule has 0 N–H and O–H groups in total. The van der Waals surface area contributed by atoms with Crippen molar-refractivity contribution in [2.75, 3.05) is 13.2 Å². The van der Waals surface area contributed by atoms with Gasteiger partial charge in [-0.05, 0) is 72.5 Å². The Balaban J connectivity index is 2.11. The Morgan fingerprint density at radius 3 is 1.40 bits per heavy atom. The van der Waals surface area contributed by atoms with Gasteiger partial charge in [-0.15, -0.1) is 0 Å². The predicted octanol–water partition coefficient (Wildman–Crippen LogP) is 5.06. The quantitative estimate of drug-likeness (QED) is 0.412. The fourth-order valence-corrected chi connectivity index (χ4v) is 2.30. The Bertz CT molecular complexity index is 894. The summed E-state index contributed by atoms with van der Waals surface area (Å²) in [5.41, 5.74) is 1.47. The van der Waals surface area contributed by atoms with Gasteiger partial charge in [0, 0.05) is 12.4 Å². The van der Waals surface area contributed by atoms with Crippen molar-refractivity contribution >= 4 is 12.4 Å². The van der Waals surface area contributed by atoms with Gasteiger partial charge in [-0.25, -0.2) is 9.98 Å². The molecule has 2 rings (SSSR count). The summed E-state index contributed by atoms with van der Waals surface area (Å²) in [7, 11) is 0. The first-order valence-electron chi connectivity index (χ1n) is 9.78. The van der Waals surface area contributed by atoms with Gasteiger partial charge in [0.1, 0.15) is 23.6 Å². The average molecular weight is 400 g/mol. The molecule has 0 spiro atoms. The lowest BCUT2D eigenvalue weighted by Gasteiger charge is -2.04. The highest BCUT2D eigenvalue weighted by Gasteiger charge is 2.03. The summed E-state index contributed by atoms with van der Waals surface area (Å²) >= 11 is 0. The maximum atomic E-state index is 9.38. The van der Waals surface area contributed by atoms with E-state index < -0.39 is 0 Å². The van der Waals surface area contributed by atoms with Crippen LogP contribution in [-0.2, 0) is 0 Å². The highest BCUT2D eigenvalue weighted by Crippen LogP contribution is 2.14. The van der Waals surface area contributed by atoms with Gasteiger partial charge in [0.05, 0.1) is 13.2 Å². The van der Waals surface area contributed by atoms with Crippen LogP contribution in [0.15, 0.2) is 69.9 Å². The Hall–Kier alpha value is -3.90. The van der Waals surface area contributed by atoms with E-state index in [0.717, 1.165) is 35.5 Å². The van der Waals surface area contributed by atoms with Gasteiger partial charge >= 0.3 is 0 Å². The number of aliphatic imine (C=N–C) groups is 2. The second kappa shape index (κ2) is 12.5. The number of hydrogen-bond acceptors (Lipinski definition) is 6. The molecule has 0 saturated heterocycles. The molecule has 30 heavy (non-hydrogen) atoms. The third-order valence-corrected chi connectivity index (χ3v) is 3.83. The van der Waals surface area contributed by atoms with Gasteiger partial charge in [-0.3, -0.25) is 0 Å². The van der Waals surface area contributed by atoms with Gasteiger partial charge in [0.25, 0.3) is 0 Å². The van der Waals surface area contributed by atoms with Crippen molar-refractivity contribution in [3.8, 4) is 23.6 Å². The van der Waals surface area contributed by atoms with Gasteiger partial charge in [0.2, 0.25) is 0 Å². The van der Waals surface area contributed by atoms with Gasteiger partial charge in [-0.2, -0.15) is 10.5 Å². The molecule has 0 aromatic heterocycles. The fourth-order valence-electron chi connectivity index (χ4n) is 2.30. The van der Waals surface area contributed by atoms with Crippen LogP contribution in [0.25, 0.3) is 0 Å². The first-order chi connectivity index (χ1) is 14.7. The Kier molecular flexibility index (Phi) is 9.36. The Labute approximate surface area is 177 Å². The molecule has 152 valence electrons. The predicted molar refractivity (Wildman–Crippen MR) is 118 cm³/mol. The molecule has 0 amide bonds. The zero-order chi connectivity index (χ0) is 21.6. The van der Waals surface area contributed by atoms with Crippen LogP contribution in [0.5, 0.6) is 11.5 Å². The lowest BCUT2D eigenvalue weighted by molar-refractivity contribution is 0.317. The lowest BCUT2D eigenvalue weighted by atomic mass is 10.2. The molecule has 0 radical (unpaired) electrons. The number of allylic oxidation sites excluding steroid dienone is 2. The molecule has 2 aromatic carbocycles. The number of ether oxygens (including phenoxy) is 2. The van der Waals surface area contributed by atoms with Crippen LogP contribution in [0.2, 0.25) is 0 Å². The topological polar surface area (TPSA) is 90.8 Å². The van der Waals surface area contributed by atoms with Gasteiger partial charge in [0.15, 0.2) is 11.4 Å². The molecule has 0 bridgehead atoms. The van der Waals surface area contributed by atoms with Crippen molar-refractivity contribution in [3.05, 3.63) is 71.1 Å². The SMILES string of the molecule is CCCOc1ccc(C=N/C(C#N)=C(\C#N)N=Cc2ccc(OCCC)cc2)cc1. The summed E-state index contributed by atoms with van der Waals surface area (Å²) in [6, 6.07) is 18.6. The van der Waals surface area contributed by atoms with E-state index in [1.165, 1.54) is 12.4 Å². The number of nitriles is 2. The van der Waals surface area contributed by atoms with Crippen molar-refractivity contribution in [2.45, 2.75) is 26.7 Å². The molecular weight excluding hydrogens is 376 g/mol. The minimum atomic E-state index is -0.0528. The van der Waals surface area contributed by atoms with Crippen molar-refractivity contribution in [3.63, 3.8) is 0 Å². The van der Waals surface area contributed by atoms with E-state index >= 15 is 0 Å². The second-order valence-electron chi connectivity index (χ2n) is 6.27. The van der Waals surface area contributed by atoms with Crippen molar-refractivity contribution in [1.82, 2.24) is 0 Å². The molecule has 0 fully saturated rings. The summed E-state index contributed by atoms with van der Waals surface area (Å²) in [6.45, 7) is 5.41. The maximum absolute atomic E-state index is 9.38. The minimum absolute atomic E-state index is 0.0528. The standard InChI is InChI=1S/C24H24N4O2/c1-3-13-29-21-9-5-19(6-10-21)17-27-23(15-25)24(16-26)28-18-20-7-11-22(12-8-20)30-14-4-2/h5-12,17-18H,3-4,13-14H2,1-2H3/b24-23+,27-17?,28-18?. The van der Waals surface area contributed by atoms with Gasteiger partial charge in [-0.1, -0.05) is 13.8 Å². The first-order valence-corrected chi connectivity index (χ1v) is 9.78. The highest BCUT2D eigenvalue weighted by atomic mass is 16.5. The molecule has 0 atom stereocenters. The van der Waals surface area contributed by atoms with E-state index in [-0.39, 0.29) is 11.4 Å². The van der Waals surface area contributed by atoms with Crippen LogP contribution in [-0.4, -0.2) is 25.6 Å². The summed E-state index contributed by atoms with van der Waals surface area (Å²) in [4.78, 5) is 8.26. The zero-order valence-electron chi connectivity index (χ0n) is 17.2. The summed E-state index contributed by atoms with van der Waals surface area (Å²) < 4.78 is 11.1. The third kappa shape index (κ3) is 7.26. The van der Waals surface area contributed by atoms with E-state index in [0.29, 0.717) is 13.2 Å². The number of rotatable bonds is 10. The molecule has 0 aliphatic rings. The smallest absolute Gasteiger partial charge is 0.176 e. The Morgan fingerprint density at radius 2 is 1.10 bits per heavy atom. The fraction of sp³-hybridized carbons (Fsp3) is 0.250. The third-order valence-electron chi connectivity index (χ3n) is 3.83. The molecule has 0 saturated carbocycles. The first kappa shape index (κ1) is 22.4. The van der Waals surface area contributed by atoms with E-state index in [2.05, 4.69) is 9.98 Å². The maximum Gasteiger partial charge on any atom is 0.176 e. The molecule has 0 aliphatic carbocycles. The molecule has 0 heterocycles. The second-order valence-corrected chi connectivity index (χ2v) is 6.27. The molecule has 0 unspecified atom stereocenters. The lowest BCUT2D eigenvalue weighted by Crippen LogP contribution is -1.95. The number of hydrogen-bond donors (Lipinski definition) is 0. The van der Waals surface area contributed by atoms with E-state index in [4.69, 9.17) is 9.47 Å². The van der Waals surface area contributed by atoms with Crippen molar-refractivity contribution in [1.29, 1.82) is 10.5 Å². The van der Waals surface area contributed by atoms with E-state index in [9.17, 15) is 10.5 Å². The zero-order valence-corrected chi connectivity index (χ0v) is 17.2. The van der Waals surface area contributed by atoms with Crippen LogP contribution in [0, 0.1) is 22.7 Å². The van der Waals surface area contributed by atoms with Crippen LogP contribution in [0.4, 0.5) is 0 Å². The molecule has 6 heteroatoms. The monoisotopic (exact) mass is 400 g/mol. The van der Waals surface area contributed by atoms with E-state index in [1.807, 2.05) is 74.5 Å². The molecular formula is C24H24N4O2. The van der Waals surface area contributed by atoms with Crippen LogP contribution < -0.4 is 9.47 Å². The summed E-state index contributed by atoms with van der Waals surface area (Å²) in [5, 5.41) is 18.8. The molecule has 2 aromatic rings. The van der Waals surface area contributed by atoms with Crippen LogP contribution in [0.1, 0.15) is 37.8 Å². The normalized spacial score (nSPS) is 11.7. The molecule has 6 nitrogen and oxygen atoms in total. The number of benzene rings is 2. The largest absolute Gasteiger partial charge is 0.494 e. The summed E-state index contributed by atoms with van der Waals surface area (Å²) in [5.74, 6) is 1.55. The van der Waals surface area contributed by atoms with Crippen LogP contribution >= 0.6 is 0 Å². The summed E-state index contributed by atoms with van der Waals surface area (Å²) in [6.07, 6.45) is 4.92.